The van der Waals surface area contributed by atoms with Crippen LogP contribution in [0.2, 0.25) is 0 Å². The molecule has 0 atom stereocenters. The van der Waals surface area contributed by atoms with Crippen molar-refractivity contribution in [3.05, 3.63) is 182 Å². The van der Waals surface area contributed by atoms with Crippen molar-refractivity contribution in [1.82, 2.24) is 0 Å². The third-order valence-corrected chi connectivity index (χ3v) is 12.5. The van der Waals surface area contributed by atoms with Crippen LogP contribution in [0.5, 0.6) is 0 Å². The van der Waals surface area contributed by atoms with Gasteiger partial charge < -0.3 is 0 Å². The molecule has 0 unspecified atom stereocenters. The first kappa shape index (κ1) is 28.6. The molecular formula is C54H30. The molecular weight excluding hydrogens is 649 g/mol. The quantitative estimate of drug-likeness (QED) is 0.160. The van der Waals surface area contributed by atoms with E-state index in [1.165, 1.54) is 131 Å². The van der Waals surface area contributed by atoms with Gasteiger partial charge in [-0.05, 0) is 150 Å². The number of rotatable bonds is 2. The van der Waals surface area contributed by atoms with Crippen LogP contribution in [-0.4, -0.2) is 0 Å². The maximum atomic E-state index is 2.48. The Morgan fingerprint density at radius 2 is 0.741 bits per heavy atom. The van der Waals surface area contributed by atoms with Crippen molar-refractivity contribution in [2.75, 3.05) is 0 Å². The summed E-state index contributed by atoms with van der Waals surface area (Å²) in [5.41, 5.74) is 15.8. The van der Waals surface area contributed by atoms with Crippen LogP contribution in [0.15, 0.2) is 182 Å². The summed E-state index contributed by atoms with van der Waals surface area (Å²) in [6.07, 6.45) is 0. The highest BCUT2D eigenvalue weighted by Crippen LogP contribution is 2.60. The Morgan fingerprint density at radius 1 is 0.204 bits per heavy atom. The fourth-order valence-electron chi connectivity index (χ4n) is 10.3. The van der Waals surface area contributed by atoms with Crippen molar-refractivity contribution in [1.29, 1.82) is 0 Å². The zero-order valence-corrected chi connectivity index (χ0v) is 29.3. The minimum Gasteiger partial charge on any atom is -0.0622 e. The molecule has 0 nitrogen and oxygen atoms in total. The highest BCUT2D eigenvalue weighted by Gasteiger charge is 2.32. The lowest BCUT2D eigenvalue weighted by Crippen LogP contribution is -1.95. The van der Waals surface area contributed by atoms with E-state index in [-0.39, 0.29) is 0 Å². The summed E-state index contributed by atoms with van der Waals surface area (Å²) in [5, 5.41) is 15.7. The van der Waals surface area contributed by atoms with E-state index in [1.807, 2.05) is 0 Å². The Hall–Kier alpha value is -7.02. The molecule has 2 aliphatic carbocycles. The molecule has 0 heterocycles. The Labute approximate surface area is 312 Å². The number of fused-ring (bicyclic) bond motifs is 13. The van der Waals surface area contributed by atoms with Crippen LogP contribution in [0.1, 0.15) is 0 Å². The van der Waals surface area contributed by atoms with Crippen molar-refractivity contribution in [3.8, 4) is 66.8 Å². The summed E-state index contributed by atoms with van der Waals surface area (Å²) >= 11 is 0. The molecule has 11 aromatic carbocycles. The summed E-state index contributed by atoms with van der Waals surface area (Å²) in [4.78, 5) is 0. The smallest absolute Gasteiger partial charge is 0.000719 e. The Kier molecular flexibility index (Phi) is 5.45. The van der Waals surface area contributed by atoms with E-state index in [9.17, 15) is 0 Å². The molecule has 0 heteroatoms. The standard InChI is InChI=1S/C54H30/c1-3-12-32(13-4-1)49-43-27-26-37-41(25-24-35-28-45-39-20-9-17-31-18-10-21-40(48(31)39)46(45)30-44(35)37)52(43)50(33-14-5-2-6-15-33)53-42-23-11-22-38-36-19-8-7-16-34(36)29-47(51(38)42)54(49)53/h1-30H. The van der Waals surface area contributed by atoms with Gasteiger partial charge in [-0.15, -0.1) is 0 Å². The number of benzene rings is 11. The maximum Gasteiger partial charge on any atom is -0.000719 e. The van der Waals surface area contributed by atoms with E-state index in [0.717, 1.165) is 0 Å². The predicted octanol–water partition coefficient (Wildman–Crippen LogP) is 15.2. The molecule has 0 spiro atoms. The second-order valence-corrected chi connectivity index (χ2v) is 15.1. The number of hydrogen-bond acceptors (Lipinski definition) is 0. The monoisotopic (exact) mass is 678 g/mol. The average molecular weight is 679 g/mol. The molecule has 0 aromatic heterocycles. The first-order valence-corrected chi connectivity index (χ1v) is 18.9. The molecule has 11 aromatic rings. The molecule has 0 saturated heterocycles. The van der Waals surface area contributed by atoms with E-state index < -0.39 is 0 Å². The highest BCUT2D eigenvalue weighted by atomic mass is 14.3. The van der Waals surface area contributed by atoms with Crippen LogP contribution in [-0.2, 0) is 0 Å². The van der Waals surface area contributed by atoms with Crippen LogP contribution in [0, 0.1) is 0 Å². The van der Waals surface area contributed by atoms with Gasteiger partial charge in [-0.25, -0.2) is 0 Å². The molecule has 0 bridgehead atoms. The molecule has 0 N–H and O–H groups in total. The zero-order valence-electron chi connectivity index (χ0n) is 29.3. The topological polar surface area (TPSA) is 0 Å². The van der Waals surface area contributed by atoms with Gasteiger partial charge in [-0.2, -0.15) is 0 Å². The van der Waals surface area contributed by atoms with E-state index in [0.29, 0.717) is 0 Å². The van der Waals surface area contributed by atoms with Crippen LogP contribution in [0.3, 0.4) is 0 Å². The zero-order chi connectivity index (χ0) is 35.1. The molecule has 2 aliphatic rings. The van der Waals surface area contributed by atoms with Crippen LogP contribution < -0.4 is 0 Å². The minimum absolute atomic E-state index is 1.25. The summed E-state index contributed by atoms with van der Waals surface area (Å²) in [5.74, 6) is 0. The van der Waals surface area contributed by atoms with Crippen molar-refractivity contribution in [2.45, 2.75) is 0 Å². The SMILES string of the molecule is c1ccc(-c2c3c(c(-c4ccccc4)c4c2ccc2c5cc6c(cc5ccc24)-c2cccc4cccc-6c24)-c2cccc4c2c-3cc2ccccc24)cc1. The normalized spacial score (nSPS) is 12.4. The second-order valence-electron chi connectivity index (χ2n) is 15.1. The maximum absolute atomic E-state index is 2.48. The first-order valence-electron chi connectivity index (χ1n) is 18.9. The number of hydrogen-bond donors (Lipinski definition) is 0. The Bertz CT molecular complexity index is 3460. The summed E-state index contributed by atoms with van der Waals surface area (Å²) in [6.45, 7) is 0. The van der Waals surface area contributed by atoms with Gasteiger partial charge in [-0.1, -0.05) is 164 Å². The molecule has 54 heavy (non-hydrogen) atoms. The van der Waals surface area contributed by atoms with Gasteiger partial charge in [0, 0.05) is 0 Å². The third kappa shape index (κ3) is 3.58. The lowest BCUT2D eigenvalue weighted by molar-refractivity contribution is 1.63. The minimum atomic E-state index is 1.25. The Balaban J connectivity index is 1.23. The van der Waals surface area contributed by atoms with Gasteiger partial charge in [-0.3, -0.25) is 0 Å². The lowest BCUT2D eigenvalue weighted by Gasteiger charge is -2.22. The highest BCUT2D eigenvalue weighted by molar-refractivity contribution is 6.34. The fourth-order valence-corrected chi connectivity index (χ4v) is 10.3. The molecule has 0 saturated carbocycles. The van der Waals surface area contributed by atoms with Gasteiger partial charge in [0.25, 0.3) is 0 Å². The van der Waals surface area contributed by atoms with Crippen molar-refractivity contribution in [2.24, 2.45) is 0 Å². The fraction of sp³-hybridized carbons (Fsp3) is 0. The Morgan fingerprint density at radius 3 is 1.54 bits per heavy atom. The van der Waals surface area contributed by atoms with Crippen LogP contribution in [0.25, 0.3) is 131 Å². The summed E-state index contributed by atoms with van der Waals surface area (Å²) in [6, 6.07) is 68.5. The van der Waals surface area contributed by atoms with E-state index in [2.05, 4.69) is 182 Å². The van der Waals surface area contributed by atoms with Gasteiger partial charge in [0.1, 0.15) is 0 Å². The van der Waals surface area contributed by atoms with Gasteiger partial charge in [0.05, 0.1) is 0 Å². The molecule has 246 valence electrons. The average Bonchev–Trinajstić information content (AvgIpc) is 3.73. The van der Waals surface area contributed by atoms with Crippen molar-refractivity contribution >= 4 is 64.6 Å². The van der Waals surface area contributed by atoms with Crippen LogP contribution >= 0.6 is 0 Å². The molecule has 0 radical (unpaired) electrons. The summed E-state index contributed by atoms with van der Waals surface area (Å²) < 4.78 is 0. The van der Waals surface area contributed by atoms with Gasteiger partial charge in [0.15, 0.2) is 0 Å². The van der Waals surface area contributed by atoms with E-state index in [4.69, 9.17) is 0 Å². The molecule has 13 rings (SSSR count). The largest absolute Gasteiger partial charge is 0.0622 e. The molecule has 0 fully saturated rings. The molecule has 0 aliphatic heterocycles. The van der Waals surface area contributed by atoms with E-state index >= 15 is 0 Å². The second kappa shape index (κ2) is 10.3. The summed E-state index contributed by atoms with van der Waals surface area (Å²) in [7, 11) is 0. The van der Waals surface area contributed by atoms with Crippen molar-refractivity contribution in [3.63, 3.8) is 0 Å². The van der Waals surface area contributed by atoms with Gasteiger partial charge in [0.2, 0.25) is 0 Å². The first-order chi connectivity index (χ1) is 26.8. The van der Waals surface area contributed by atoms with Gasteiger partial charge >= 0.3 is 0 Å². The van der Waals surface area contributed by atoms with Crippen LogP contribution in [0.4, 0.5) is 0 Å². The molecule has 0 amide bonds. The van der Waals surface area contributed by atoms with E-state index in [1.54, 1.807) is 0 Å². The lowest BCUT2D eigenvalue weighted by atomic mass is 9.80. The van der Waals surface area contributed by atoms with Crippen molar-refractivity contribution < 1.29 is 0 Å². The third-order valence-electron chi connectivity index (χ3n) is 12.5. The predicted molar refractivity (Wildman–Crippen MR) is 231 cm³/mol.